The first-order chi connectivity index (χ1) is 12.6. The number of hydrogen-bond acceptors (Lipinski definition) is 6. The van der Waals surface area contributed by atoms with Crippen LogP contribution < -0.4 is 0 Å². The van der Waals surface area contributed by atoms with Gasteiger partial charge in [0, 0.05) is 11.3 Å². The Bertz CT molecular complexity index is 1040. The van der Waals surface area contributed by atoms with Gasteiger partial charge in [-0.05, 0) is 30.5 Å². The second kappa shape index (κ2) is 6.92. The predicted molar refractivity (Wildman–Crippen MR) is 102 cm³/mol. The normalized spacial score (nSPS) is 11.5. The van der Waals surface area contributed by atoms with Gasteiger partial charge in [0.15, 0.2) is 5.65 Å². The molecule has 3 heterocycles. The summed E-state index contributed by atoms with van der Waals surface area (Å²) in [5.41, 5.74) is 4.74. The molecule has 0 bridgehead atoms. The molecule has 0 radical (unpaired) electrons. The highest BCUT2D eigenvalue weighted by Gasteiger charge is 2.14. The Balaban J connectivity index is 1.54. The van der Waals surface area contributed by atoms with Gasteiger partial charge < -0.3 is 9.40 Å². The number of aryl methyl sites for hydroxylation is 1. The zero-order valence-corrected chi connectivity index (χ0v) is 15.7. The van der Waals surface area contributed by atoms with Crippen LogP contribution in [-0.4, -0.2) is 24.9 Å². The van der Waals surface area contributed by atoms with Crippen LogP contribution in [0.1, 0.15) is 36.8 Å². The van der Waals surface area contributed by atoms with Crippen LogP contribution in [0.3, 0.4) is 0 Å². The third-order valence-electron chi connectivity index (χ3n) is 4.25. The van der Waals surface area contributed by atoms with Crippen LogP contribution in [-0.2, 0) is 5.75 Å². The lowest BCUT2D eigenvalue weighted by molar-refractivity contribution is 0.540. The molecule has 4 aromatic rings. The summed E-state index contributed by atoms with van der Waals surface area (Å²) in [7, 11) is 0. The number of H-pyrrole nitrogens is 1. The summed E-state index contributed by atoms with van der Waals surface area (Å²) in [6, 6.07) is 8.39. The van der Waals surface area contributed by atoms with Crippen LogP contribution in [0.25, 0.3) is 22.6 Å². The fourth-order valence-corrected chi connectivity index (χ4v) is 3.64. The number of thioether (sulfide) groups is 1. The summed E-state index contributed by atoms with van der Waals surface area (Å²) in [4.78, 5) is 20.4. The summed E-state index contributed by atoms with van der Waals surface area (Å²) < 4.78 is 5.88. The van der Waals surface area contributed by atoms with Crippen LogP contribution >= 0.6 is 11.8 Å². The minimum Gasteiger partial charge on any atom is -0.441 e. The van der Waals surface area contributed by atoms with Gasteiger partial charge in [-0.1, -0.05) is 37.7 Å². The van der Waals surface area contributed by atoms with Gasteiger partial charge in [0.25, 0.3) is 0 Å². The van der Waals surface area contributed by atoms with Crippen LogP contribution in [0.15, 0.2) is 46.4 Å². The monoisotopic (exact) mass is 365 g/mol. The maximum atomic E-state index is 5.88. The molecule has 0 fully saturated rings. The fraction of sp³-hybridized carbons (Fsp3) is 0.263. The van der Waals surface area contributed by atoms with Crippen molar-refractivity contribution in [3.8, 4) is 11.5 Å². The zero-order valence-electron chi connectivity index (χ0n) is 14.9. The highest BCUT2D eigenvalue weighted by atomic mass is 32.2. The molecule has 0 spiro atoms. The molecule has 1 aromatic carbocycles. The van der Waals surface area contributed by atoms with Crippen LogP contribution in [0.4, 0.5) is 0 Å². The van der Waals surface area contributed by atoms with E-state index in [4.69, 9.17) is 4.42 Å². The maximum Gasteiger partial charge on any atom is 0.226 e. The molecule has 6 nitrogen and oxygen atoms in total. The van der Waals surface area contributed by atoms with Crippen molar-refractivity contribution in [2.24, 2.45) is 0 Å². The van der Waals surface area contributed by atoms with E-state index < -0.39 is 0 Å². The Morgan fingerprint density at radius 1 is 1.12 bits per heavy atom. The first kappa shape index (κ1) is 16.8. The molecule has 0 aliphatic heterocycles. The van der Waals surface area contributed by atoms with Gasteiger partial charge in [0.2, 0.25) is 5.89 Å². The van der Waals surface area contributed by atoms with E-state index >= 15 is 0 Å². The number of nitrogens with zero attached hydrogens (tertiary/aromatic N) is 4. The van der Waals surface area contributed by atoms with Crippen molar-refractivity contribution in [1.29, 1.82) is 0 Å². The zero-order chi connectivity index (χ0) is 18.1. The molecule has 4 rings (SSSR count). The first-order valence-corrected chi connectivity index (χ1v) is 9.44. The predicted octanol–water partition coefficient (Wildman–Crippen LogP) is 4.73. The third kappa shape index (κ3) is 3.22. The highest BCUT2D eigenvalue weighted by Crippen LogP contribution is 2.29. The smallest absolute Gasteiger partial charge is 0.226 e. The first-order valence-electron chi connectivity index (χ1n) is 8.45. The number of rotatable bonds is 5. The Labute approximate surface area is 155 Å². The second-order valence-electron chi connectivity index (χ2n) is 6.37. The van der Waals surface area contributed by atoms with E-state index in [1.807, 2.05) is 6.92 Å². The van der Waals surface area contributed by atoms with Crippen molar-refractivity contribution in [2.75, 3.05) is 0 Å². The van der Waals surface area contributed by atoms with Crippen molar-refractivity contribution >= 4 is 22.9 Å². The number of benzene rings is 1. The van der Waals surface area contributed by atoms with Gasteiger partial charge >= 0.3 is 0 Å². The molecule has 0 saturated carbocycles. The van der Waals surface area contributed by atoms with Crippen LogP contribution in [0.2, 0.25) is 0 Å². The van der Waals surface area contributed by atoms with E-state index in [0.717, 1.165) is 27.6 Å². The van der Waals surface area contributed by atoms with E-state index in [1.165, 1.54) is 11.9 Å². The molecule has 0 aliphatic rings. The summed E-state index contributed by atoms with van der Waals surface area (Å²) >= 11 is 1.59. The Morgan fingerprint density at radius 2 is 1.92 bits per heavy atom. The molecule has 0 aliphatic carbocycles. The average molecular weight is 365 g/mol. The lowest BCUT2D eigenvalue weighted by atomic mass is 10.0. The van der Waals surface area contributed by atoms with Crippen LogP contribution in [0, 0.1) is 6.92 Å². The van der Waals surface area contributed by atoms with E-state index in [2.05, 4.69) is 63.0 Å². The molecule has 3 aromatic heterocycles. The van der Waals surface area contributed by atoms with Crippen molar-refractivity contribution in [3.63, 3.8) is 0 Å². The number of nitrogens with one attached hydrogen (secondary N) is 1. The quantitative estimate of drug-likeness (QED) is 0.407. The molecule has 26 heavy (non-hydrogen) atoms. The summed E-state index contributed by atoms with van der Waals surface area (Å²) in [6.45, 7) is 6.31. The molecule has 132 valence electrons. The van der Waals surface area contributed by atoms with Gasteiger partial charge in [-0.2, -0.15) is 0 Å². The van der Waals surface area contributed by atoms with Gasteiger partial charge in [-0.25, -0.2) is 19.9 Å². The highest BCUT2D eigenvalue weighted by molar-refractivity contribution is 7.98. The number of aromatic nitrogens is 5. The van der Waals surface area contributed by atoms with Crippen molar-refractivity contribution in [2.45, 2.75) is 37.5 Å². The topological polar surface area (TPSA) is 80.5 Å². The molecule has 7 heteroatoms. The molecule has 0 amide bonds. The summed E-state index contributed by atoms with van der Waals surface area (Å²) in [5, 5.41) is 0.859. The fourth-order valence-electron chi connectivity index (χ4n) is 2.69. The van der Waals surface area contributed by atoms with Crippen molar-refractivity contribution < 1.29 is 4.42 Å². The maximum absolute atomic E-state index is 5.88. The second-order valence-corrected chi connectivity index (χ2v) is 7.33. The van der Waals surface area contributed by atoms with E-state index in [0.29, 0.717) is 23.2 Å². The lowest BCUT2D eigenvalue weighted by Gasteiger charge is -2.04. The largest absolute Gasteiger partial charge is 0.441 e. The number of fused-ring (bicyclic) bond motifs is 1. The van der Waals surface area contributed by atoms with Crippen molar-refractivity contribution in [1.82, 2.24) is 24.9 Å². The van der Waals surface area contributed by atoms with Gasteiger partial charge in [-0.3, -0.25) is 0 Å². The standard InChI is InChI=1S/C19H19N5OS/c1-11(2)13-4-6-14(7-5-13)18-24-15(12(3)25-18)8-26-19-16-17(21-9-20-16)22-10-23-19/h4-7,9-11H,8H2,1-3H3,(H,20,21,22,23). The van der Waals surface area contributed by atoms with E-state index in [1.54, 1.807) is 18.1 Å². The molecule has 0 atom stereocenters. The minimum atomic E-state index is 0.509. The third-order valence-corrected chi connectivity index (χ3v) is 5.25. The van der Waals surface area contributed by atoms with E-state index in [9.17, 15) is 0 Å². The molecule has 0 saturated heterocycles. The Hall–Kier alpha value is -2.67. The SMILES string of the molecule is Cc1oc(-c2ccc(C(C)C)cc2)nc1CSc1ncnc2nc[nH]c12. The number of oxazole rings is 1. The van der Waals surface area contributed by atoms with Gasteiger partial charge in [-0.15, -0.1) is 0 Å². The average Bonchev–Trinajstić information content (AvgIpc) is 3.27. The molecule has 1 N–H and O–H groups in total. The molecular weight excluding hydrogens is 346 g/mol. The van der Waals surface area contributed by atoms with Crippen molar-refractivity contribution in [3.05, 3.63) is 53.9 Å². The van der Waals surface area contributed by atoms with Gasteiger partial charge in [0.1, 0.15) is 22.6 Å². The Kier molecular flexibility index (Phi) is 4.46. The summed E-state index contributed by atoms with van der Waals surface area (Å²) in [5.74, 6) is 2.66. The lowest BCUT2D eigenvalue weighted by Crippen LogP contribution is -1.89. The number of aromatic amines is 1. The molecule has 0 unspecified atom stereocenters. The van der Waals surface area contributed by atoms with Gasteiger partial charge in [0.05, 0.1) is 12.0 Å². The van der Waals surface area contributed by atoms with Crippen LogP contribution in [0.5, 0.6) is 0 Å². The Morgan fingerprint density at radius 3 is 2.69 bits per heavy atom. The minimum absolute atomic E-state index is 0.509. The van der Waals surface area contributed by atoms with E-state index in [-0.39, 0.29) is 0 Å². The molecular formula is C19H19N5OS. The summed E-state index contributed by atoms with van der Waals surface area (Å²) in [6.07, 6.45) is 3.16. The number of hydrogen-bond donors (Lipinski definition) is 1. The number of imidazole rings is 1.